The lowest BCUT2D eigenvalue weighted by Crippen LogP contribution is -2.18. The summed E-state index contributed by atoms with van der Waals surface area (Å²) in [4.78, 5) is 30.5. The van der Waals surface area contributed by atoms with Crippen molar-refractivity contribution in [3.63, 3.8) is 0 Å². The lowest BCUT2D eigenvalue weighted by molar-refractivity contribution is 0.0172. The van der Waals surface area contributed by atoms with Crippen LogP contribution in [0.25, 0.3) is 0 Å². The van der Waals surface area contributed by atoms with Crippen LogP contribution >= 0.6 is 0 Å². The molecule has 1 aliphatic rings. The molecule has 0 unspecified atom stereocenters. The molecule has 3 rings (SSSR count). The van der Waals surface area contributed by atoms with Crippen molar-refractivity contribution >= 4 is 17.4 Å². The summed E-state index contributed by atoms with van der Waals surface area (Å²) in [5, 5.41) is 0. The van der Waals surface area contributed by atoms with E-state index in [1.165, 1.54) is 0 Å². The summed E-state index contributed by atoms with van der Waals surface area (Å²) in [6.45, 7) is 6.21. The van der Waals surface area contributed by atoms with Gasteiger partial charge in [-0.25, -0.2) is 4.79 Å². The molecule has 0 amide bonds. The number of carbonyl (C=O) groups excluding carboxylic acids is 2. The van der Waals surface area contributed by atoms with Crippen molar-refractivity contribution < 1.29 is 19.1 Å². The predicted octanol–water partition coefficient (Wildman–Crippen LogP) is 3.88. The quantitative estimate of drug-likeness (QED) is 0.566. The van der Waals surface area contributed by atoms with E-state index in [9.17, 15) is 9.59 Å². The van der Waals surface area contributed by atoms with E-state index >= 15 is 0 Å². The lowest BCUT2D eigenvalue weighted by atomic mass is 9.81. The standard InChI is InChI=1S/C23H30N2O4/c1-14(2)28-10-11-29-23(27)22-15(3)21-19(24-22)12-17(13-20(21)26)16-6-8-18(9-7-16)25(4)5/h6-9,14,17,24H,10-13H2,1-5H3/t17-/m0/s1. The molecule has 0 radical (unpaired) electrons. The molecule has 6 heteroatoms. The predicted molar refractivity (Wildman–Crippen MR) is 113 cm³/mol. The number of Topliss-reactive ketones (excluding diaryl/α,β-unsaturated/α-hetero) is 1. The van der Waals surface area contributed by atoms with Crippen LogP contribution in [0.2, 0.25) is 0 Å². The molecule has 0 saturated heterocycles. The molecule has 1 atom stereocenters. The molecule has 2 aromatic rings. The zero-order valence-corrected chi connectivity index (χ0v) is 17.9. The summed E-state index contributed by atoms with van der Waals surface area (Å²) in [5.41, 5.74) is 4.79. The highest BCUT2D eigenvalue weighted by atomic mass is 16.6. The molecule has 0 fully saturated rings. The van der Waals surface area contributed by atoms with Crippen LogP contribution in [0, 0.1) is 6.92 Å². The normalized spacial score (nSPS) is 16.1. The Morgan fingerprint density at radius 3 is 2.48 bits per heavy atom. The van der Waals surface area contributed by atoms with Crippen molar-refractivity contribution in [2.75, 3.05) is 32.2 Å². The summed E-state index contributed by atoms with van der Waals surface area (Å²) in [5.74, 6) is -0.264. The highest BCUT2D eigenvalue weighted by molar-refractivity contribution is 6.03. The summed E-state index contributed by atoms with van der Waals surface area (Å²) in [7, 11) is 4.01. The van der Waals surface area contributed by atoms with E-state index in [1.807, 2.05) is 32.8 Å². The molecule has 6 nitrogen and oxygen atoms in total. The molecule has 1 N–H and O–H groups in total. The number of anilines is 1. The highest BCUT2D eigenvalue weighted by Gasteiger charge is 2.32. The Balaban J connectivity index is 1.74. The second-order valence-electron chi connectivity index (χ2n) is 8.05. The van der Waals surface area contributed by atoms with E-state index in [0.717, 1.165) is 16.9 Å². The largest absolute Gasteiger partial charge is 0.459 e. The molecule has 0 spiro atoms. The number of fused-ring (bicyclic) bond motifs is 1. The van der Waals surface area contributed by atoms with Gasteiger partial charge in [0, 0.05) is 37.5 Å². The van der Waals surface area contributed by atoms with E-state index < -0.39 is 5.97 Å². The van der Waals surface area contributed by atoms with Crippen LogP contribution in [0.4, 0.5) is 5.69 Å². The molecule has 0 bridgehead atoms. The number of benzene rings is 1. The number of rotatable bonds is 7. The van der Waals surface area contributed by atoms with E-state index in [4.69, 9.17) is 9.47 Å². The third-order valence-electron chi connectivity index (χ3n) is 5.34. The number of nitrogens with zero attached hydrogens (tertiary/aromatic N) is 1. The number of H-pyrrole nitrogens is 1. The first kappa shape index (κ1) is 21.1. The third kappa shape index (κ3) is 4.70. The van der Waals surface area contributed by atoms with Gasteiger partial charge < -0.3 is 19.4 Å². The summed E-state index contributed by atoms with van der Waals surface area (Å²) >= 11 is 0. The zero-order valence-electron chi connectivity index (χ0n) is 17.9. The van der Waals surface area contributed by atoms with Crippen molar-refractivity contribution in [1.82, 2.24) is 4.98 Å². The number of ether oxygens (including phenoxy) is 2. The Morgan fingerprint density at radius 1 is 1.17 bits per heavy atom. The number of nitrogens with one attached hydrogen (secondary N) is 1. The van der Waals surface area contributed by atoms with Crippen molar-refractivity contribution in [2.45, 2.75) is 45.6 Å². The first-order valence-corrected chi connectivity index (χ1v) is 10.1. The maximum atomic E-state index is 12.8. The van der Waals surface area contributed by atoms with Crippen molar-refractivity contribution in [3.05, 3.63) is 52.3 Å². The number of esters is 1. The fourth-order valence-electron chi connectivity index (χ4n) is 3.81. The molecule has 0 saturated carbocycles. The van der Waals surface area contributed by atoms with Gasteiger partial charge >= 0.3 is 5.97 Å². The van der Waals surface area contributed by atoms with Crippen LogP contribution in [-0.4, -0.2) is 50.1 Å². The van der Waals surface area contributed by atoms with Crippen molar-refractivity contribution in [1.29, 1.82) is 0 Å². The Bertz CT molecular complexity index is 881. The minimum absolute atomic E-state index is 0.0730. The number of hydrogen-bond acceptors (Lipinski definition) is 5. The number of carbonyl (C=O) groups is 2. The second-order valence-corrected chi connectivity index (χ2v) is 8.05. The SMILES string of the molecule is Cc1c(C(=O)OCCOC(C)C)[nH]c2c1C(=O)C[C@@H](c1ccc(N(C)C)cc1)C2. The molecule has 1 aromatic heterocycles. The summed E-state index contributed by atoms with van der Waals surface area (Å²) in [6, 6.07) is 8.30. The van der Waals surface area contributed by atoms with Crippen LogP contribution in [0.15, 0.2) is 24.3 Å². The molecule has 1 heterocycles. The van der Waals surface area contributed by atoms with Crippen LogP contribution in [-0.2, 0) is 15.9 Å². The van der Waals surface area contributed by atoms with E-state index in [2.05, 4.69) is 29.2 Å². The van der Waals surface area contributed by atoms with Crippen molar-refractivity contribution in [3.8, 4) is 0 Å². The van der Waals surface area contributed by atoms with Gasteiger partial charge in [-0.15, -0.1) is 0 Å². The van der Waals surface area contributed by atoms with Gasteiger partial charge in [0.15, 0.2) is 5.78 Å². The maximum absolute atomic E-state index is 12.8. The zero-order chi connectivity index (χ0) is 21.1. The van der Waals surface area contributed by atoms with Gasteiger partial charge in [-0.05, 0) is 56.4 Å². The minimum Gasteiger partial charge on any atom is -0.459 e. The monoisotopic (exact) mass is 398 g/mol. The molecular weight excluding hydrogens is 368 g/mol. The summed E-state index contributed by atoms with van der Waals surface area (Å²) < 4.78 is 10.7. The van der Waals surface area contributed by atoms with Gasteiger partial charge in [-0.3, -0.25) is 4.79 Å². The van der Waals surface area contributed by atoms with Gasteiger partial charge in [0.05, 0.1) is 12.7 Å². The number of aromatic nitrogens is 1. The molecule has 29 heavy (non-hydrogen) atoms. The van der Waals surface area contributed by atoms with Crippen LogP contribution in [0.3, 0.4) is 0 Å². The van der Waals surface area contributed by atoms with Gasteiger partial charge in [0.1, 0.15) is 12.3 Å². The first-order chi connectivity index (χ1) is 13.8. The van der Waals surface area contributed by atoms with E-state index in [1.54, 1.807) is 6.92 Å². The molecule has 0 aliphatic heterocycles. The Kier molecular flexibility index (Phi) is 6.42. The van der Waals surface area contributed by atoms with Gasteiger partial charge in [0.2, 0.25) is 0 Å². The number of hydrogen-bond donors (Lipinski definition) is 1. The highest BCUT2D eigenvalue weighted by Crippen LogP contribution is 2.35. The lowest BCUT2D eigenvalue weighted by Gasteiger charge is -2.23. The number of ketones is 1. The maximum Gasteiger partial charge on any atom is 0.355 e. The fraction of sp³-hybridized carbons (Fsp3) is 0.478. The van der Waals surface area contributed by atoms with Crippen LogP contribution < -0.4 is 4.90 Å². The smallest absolute Gasteiger partial charge is 0.355 e. The van der Waals surface area contributed by atoms with Crippen LogP contribution in [0.1, 0.15) is 63.9 Å². The minimum atomic E-state index is -0.441. The van der Waals surface area contributed by atoms with E-state index in [-0.39, 0.29) is 24.4 Å². The molecular formula is C23H30N2O4. The fourth-order valence-corrected chi connectivity index (χ4v) is 3.81. The Hall–Kier alpha value is -2.60. The van der Waals surface area contributed by atoms with Gasteiger partial charge in [-0.2, -0.15) is 0 Å². The van der Waals surface area contributed by atoms with Crippen molar-refractivity contribution in [2.24, 2.45) is 0 Å². The van der Waals surface area contributed by atoms with Gasteiger partial charge in [-0.1, -0.05) is 12.1 Å². The average molecular weight is 399 g/mol. The molecule has 1 aromatic carbocycles. The van der Waals surface area contributed by atoms with E-state index in [0.29, 0.717) is 36.3 Å². The number of aromatic amines is 1. The second kappa shape index (κ2) is 8.82. The first-order valence-electron chi connectivity index (χ1n) is 10.1. The van der Waals surface area contributed by atoms with Gasteiger partial charge in [0.25, 0.3) is 0 Å². The Morgan fingerprint density at radius 2 is 1.86 bits per heavy atom. The molecule has 156 valence electrons. The third-order valence-corrected chi connectivity index (χ3v) is 5.34. The topological polar surface area (TPSA) is 71.6 Å². The summed E-state index contributed by atoms with van der Waals surface area (Å²) in [6.07, 6.45) is 1.24. The van der Waals surface area contributed by atoms with Crippen LogP contribution in [0.5, 0.6) is 0 Å². The molecule has 1 aliphatic carbocycles. The Labute approximate surface area is 172 Å². The average Bonchev–Trinajstić information content (AvgIpc) is 3.02.